The molecule has 5 nitrogen and oxygen atoms in total. The lowest BCUT2D eigenvalue weighted by molar-refractivity contribution is 0.205. The Hall–Kier alpha value is -3.44. The molecule has 0 aliphatic rings. The number of para-hydroxylation sites is 2. The van der Waals surface area contributed by atoms with E-state index in [-0.39, 0.29) is 16.9 Å². The van der Waals surface area contributed by atoms with Crippen LogP contribution in [0.15, 0.2) is 64.2 Å². The third-order valence-corrected chi connectivity index (χ3v) is 7.28. The Morgan fingerprint density at radius 2 is 1.31 bits per heavy atom. The maximum Gasteiger partial charge on any atom is 0.197 e. The van der Waals surface area contributed by atoms with Crippen molar-refractivity contribution in [1.29, 1.82) is 0 Å². The van der Waals surface area contributed by atoms with E-state index in [1.54, 1.807) is 0 Å². The molecule has 2 heterocycles. The van der Waals surface area contributed by atoms with Gasteiger partial charge in [-0.05, 0) is 68.8 Å². The normalized spacial score (nSPS) is 12.9. The molecule has 0 aliphatic heterocycles. The van der Waals surface area contributed by atoms with Crippen molar-refractivity contribution in [2.24, 2.45) is 0 Å². The average molecular weight is 468 g/mol. The summed E-state index contributed by atoms with van der Waals surface area (Å²) in [5, 5.41) is 2.52. The van der Waals surface area contributed by atoms with Gasteiger partial charge in [0.15, 0.2) is 10.9 Å². The molecule has 1 atom stereocenters. The van der Waals surface area contributed by atoms with Gasteiger partial charge in [-0.15, -0.1) is 0 Å². The number of pyridine rings is 2. The highest BCUT2D eigenvalue weighted by Crippen LogP contribution is 2.29. The van der Waals surface area contributed by atoms with E-state index in [0.717, 1.165) is 55.4 Å². The van der Waals surface area contributed by atoms with Crippen molar-refractivity contribution < 1.29 is 0 Å². The molecular weight excluding hydrogens is 434 g/mol. The van der Waals surface area contributed by atoms with Crippen LogP contribution in [0, 0.1) is 0 Å². The van der Waals surface area contributed by atoms with Crippen LogP contribution in [0.25, 0.3) is 43.6 Å². The van der Waals surface area contributed by atoms with Crippen molar-refractivity contribution in [2.75, 3.05) is 13.1 Å². The van der Waals surface area contributed by atoms with Crippen LogP contribution in [0.1, 0.15) is 58.1 Å². The zero-order valence-corrected chi connectivity index (χ0v) is 20.8. The second-order valence-corrected chi connectivity index (χ2v) is 9.59. The summed E-state index contributed by atoms with van der Waals surface area (Å²) < 4.78 is 0. The second kappa shape index (κ2) is 9.67. The maximum absolute atomic E-state index is 13.6. The van der Waals surface area contributed by atoms with Crippen LogP contribution in [0.5, 0.6) is 0 Å². The van der Waals surface area contributed by atoms with Gasteiger partial charge in [-0.2, -0.15) is 0 Å². The lowest BCUT2D eigenvalue weighted by Crippen LogP contribution is -2.29. The highest BCUT2D eigenvalue weighted by Gasteiger charge is 2.19. The van der Waals surface area contributed by atoms with Crippen LogP contribution in [0.3, 0.4) is 0 Å². The Balaban J connectivity index is 1.72. The van der Waals surface area contributed by atoms with Crippen LogP contribution < -0.4 is 10.9 Å². The third-order valence-electron chi connectivity index (χ3n) is 7.28. The molecule has 0 saturated carbocycles. The first kappa shape index (κ1) is 23.3. The summed E-state index contributed by atoms with van der Waals surface area (Å²) in [5.74, 6) is 0. The largest absolute Gasteiger partial charge is 0.354 e. The first-order valence-corrected chi connectivity index (χ1v) is 12.8. The van der Waals surface area contributed by atoms with Gasteiger partial charge in [0, 0.05) is 33.1 Å². The molecule has 3 aromatic carbocycles. The van der Waals surface area contributed by atoms with E-state index in [1.165, 1.54) is 0 Å². The maximum atomic E-state index is 13.6. The van der Waals surface area contributed by atoms with Crippen LogP contribution in [-0.4, -0.2) is 28.0 Å². The van der Waals surface area contributed by atoms with Gasteiger partial charge in [0.05, 0.1) is 16.6 Å². The highest BCUT2D eigenvalue weighted by atomic mass is 16.1. The van der Waals surface area contributed by atoms with Gasteiger partial charge in [0.25, 0.3) is 0 Å². The molecule has 0 radical (unpaired) electrons. The lowest BCUT2D eigenvalue weighted by atomic mass is 9.99. The summed E-state index contributed by atoms with van der Waals surface area (Å²) in [6.45, 7) is 8.76. The Bertz CT molecular complexity index is 1640. The molecule has 5 heteroatoms. The number of fused-ring (bicyclic) bond motifs is 4. The number of nitrogens with zero attached hydrogens (tertiary/aromatic N) is 1. The van der Waals surface area contributed by atoms with Gasteiger partial charge in [-0.25, -0.2) is 0 Å². The van der Waals surface area contributed by atoms with E-state index in [0.29, 0.717) is 32.6 Å². The SMILES string of the molecule is CCCCN(CCCC)C(C)c1cccc2c(=O)c3cc4[nH]c5ccccc5c(=O)c4cc3[nH]c12. The quantitative estimate of drug-likeness (QED) is 0.251. The first-order chi connectivity index (χ1) is 17.0. The molecule has 0 bridgehead atoms. The number of hydrogen-bond acceptors (Lipinski definition) is 3. The van der Waals surface area contributed by atoms with E-state index in [1.807, 2.05) is 48.5 Å². The van der Waals surface area contributed by atoms with Crippen molar-refractivity contribution in [3.05, 3.63) is 80.6 Å². The topological polar surface area (TPSA) is 69.0 Å². The van der Waals surface area contributed by atoms with E-state index < -0.39 is 0 Å². The molecule has 0 saturated heterocycles. The van der Waals surface area contributed by atoms with Gasteiger partial charge in [0.1, 0.15) is 0 Å². The van der Waals surface area contributed by atoms with Gasteiger partial charge in [0.2, 0.25) is 0 Å². The summed E-state index contributed by atoms with van der Waals surface area (Å²) in [7, 11) is 0. The third kappa shape index (κ3) is 4.14. The van der Waals surface area contributed by atoms with E-state index >= 15 is 0 Å². The molecule has 35 heavy (non-hydrogen) atoms. The zero-order valence-electron chi connectivity index (χ0n) is 20.8. The number of rotatable bonds is 8. The van der Waals surface area contributed by atoms with Gasteiger partial charge < -0.3 is 9.97 Å². The van der Waals surface area contributed by atoms with E-state index in [4.69, 9.17) is 0 Å². The molecule has 180 valence electrons. The molecular formula is C30H33N3O2. The summed E-state index contributed by atoms with van der Waals surface area (Å²) in [6.07, 6.45) is 4.62. The minimum Gasteiger partial charge on any atom is -0.354 e. The van der Waals surface area contributed by atoms with Gasteiger partial charge in [-0.3, -0.25) is 14.5 Å². The number of hydrogen-bond donors (Lipinski definition) is 2. The summed E-state index contributed by atoms with van der Waals surface area (Å²) >= 11 is 0. The number of unbranched alkanes of at least 4 members (excludes halogenated alkanes) is 2. The monoisotopic (exact) mass is 467 g/mol. The fourth-order valence-electron chi connectivity index (χ4n) is 5.21. The average Bonchev–Trinajstić information content (AvgIpc) is 2.88. The molecule has 1 unspecified atom stereocenters. The zero-order chi connectivity index (χ0) is 24.5. The van der Waals surface area contributed by atoms with Crippen molar-refractivity contribution in [2.45, 2.75) is 52.5 Å². The van der Waals surface area contributed by atoms with Crippen molar-refractivity contribution >= 4 is 43.6 Å². The van der Waals surface area contributed by atoms with Crippen LogP contribution in [0.2, 0.25) is 0 Å². The van der Waals surface area contributed by atoms with Crippen molar-refractivity contribution in [1.82, 2.24) is 14.9 Å². The molecule has 2 N–H and O–H groups in total. The lowest BCUT2D eigenvalue weighted by Gasteiger charge is -2.30. The number of aromatic amines is 2. The Labute approximate surface area is 204 Å². The van der Waals surface area contributed by atoms with Gasteiger partial charge in [-0.1, -0.05) is 51.0 Å². The molecule has 0 amide bonds. The van der Waals surface area contributed by atoms with Gasteiger partial charge >= 0.3 is 0 Å². The molecule has 0 fully saturated rings. The fourth-order valence-corrected chi connectivity index (χ4v) is 5.21. The molecule has 0 spiro atoms. The Morgan fingerprint density at radius 3 is 2.00 bits per heavy atom. The smallest absolute Gasteiger partial charge is 0.197 e. The number of nitrogens with one attached hydrogen (secondary N) is 2. The molecule has 0 aliphatic carbocycles. The Kier molecular flexibility index (Phi) is 6.44. The van der Waals surface area contributed by atoms with E-state index in [9.17, 15) is 9.59 Å². The minimum atomic E-state index is -0.0239. The molecule has 5 aromatic rings. The predicted molar refractivity (Wildman–Crippen MR) is 148 cm³/mol. The highest BCUT2D eigenvalue weighted by molar-refractivity contribution is 6.03. The minimum absolute atomic E-state index is 0.00706. The number of H-pyrrole nitrogens is 2. The summed E-state index contributed by atoms with van der Waals surface area (Å²) in [4.78, 5) is 36.3. The van der Waals surface area contributed by atoms with E-state index in [2.05, 4.69) is 41.7 Å². The van der Waals surface area contributed by atoms with Crippen LogP contribution in [-0.2, 0) is 0 Å². The first-order valence-electron chi connectivity index (χ1n) is 12.8. The Morgan fingerprint density at radius 1 is 0.714 bits per heavy atom. The standard InChI is InChI=1S/C30H33N3O2/c1-4-6-15-33(16-7-5-2)19(3)20-12-10-13-22-28(20)32-27-18-23-26(17-24(27)30(22)35)31-25-14-9-8-11-21(25)29(23)34/h8-14,17-19H,4-7,15-16H2,1-3H3,(H,31,34)(H,32,35). The fraction of sp³-hybridized carbons (Fsp3) is 0.333. The summed E-state index contributed by atoms with van der Waals surface area (Å²) in [6, 6.07) is 17.4. The van der Waals surface area contributed by atoms with Crippen molar-refractivity contribution in [3.8, 4) is 0 Å². The van der Waals surface area contributed by atoms with Crippen molar-refractivity contribution in [3.63, 3.8) is 0 Å². The molecule has 2 aromatic heterocycles. The van der Waals surface area contributed by atoms with Crippen LogP contribution >= 0.6 is 0 Å². The van der Waals surface area contributed by atoms with Crippen LogP contribution in [0.4, 0.5) is 0 Å². The molecule has 5 rings (SSSR count). The second-order valence-electron chi connectivity index (χ2n) is 9.59. The summed E-state index contributed by atoms with van der Waals surface area (Å²) in [5.41, 5.74) is 4.12. The number of benzene rings is 3. The number of aromatic nitrogens is 2. The predicted octanol–water partition coefficient (Wildman–Crippen LogP) is 6.64.